The van der Waals surface area contributed by atoms with Gasteiger partial charge in [-0.05, 0) is 12.1 Å². The minimum atomic E-state index is -0.310. The Bertz CT molecular complexity index is 479. The van der Waals surface area contributed by atoms with Crippen molar-refractivity contribution in [2.75, 3.05) is 7.11 Å². The van der Waals surface area contributed by atoms with Crippen molar-refractivity contribution in [3.63, 3.8) is 0 Å². The van der Waals surface area contributed by atoms with Crippen LogP contribution in [0.1, 0.15) is 0 Å². The topological polar surface area (TPSA) is 57.0 Å². The summed E-state index contributed by atoms with van der Waals surface area (Å²) in [4.78, 5) is 19.5. The summed E-state index contributed by atoms with van der Waals surface area (Å²) in [7, 11) is 1.36. The number of rotatable bonds is 3. The van der Waals surface area contributed by atoms with E-state index in [4.69, 9.17) is 0 Å². The van der Waals surface area contributed by atoms with Crippen LogP contribution >= 0.6 is 0 Å². The van der Waals surface area contributed by atoms with Gasteiger partial charge in [-0.1, -0.05) is 6.07 Å². The number of hydrogen-bond donors (Lipinski definition) is 0. The molecule has 0 aliphatic rings. The largest absolute Gasteiger partial charge is 0.468 e. The first-order valence-corrected chi connectivity index (χ1v) is 4.80. The van der Waals surface area contributed by atoms with Crippen molar-refractivity contribution in [2.24, 2.45) is 0 Å². The summed E-state index contributed by atoms with van der Waals surface area (Å²) >= 11 is 0. The van der Waals surface area contributed by atoms with Crippen LogP contribution in [0.5, 0.6) is 0 Å². The molecule has 0 amide bonds. The van der Waals surface area contributed by atoms with Gasteiger partial charge in [0.05, 0.1) is 7.11 Å². The highest BCUT2D eigenvalue weighted by Gasteiger charge is 2.09. The molecule has 0 N–H and O–H groups in total. The summed E-state index contributed by atoms with van der Waals surface area (Å²) < 4.78 is 6.31. The maximum atomic E-state index is 11.2. The Labute approximate surface area is 92.7 Å². The van der Waals surface area contributed by atoms with E-state index in [0.717, 1.165) is 5.69 Å². The van der Waals surface area contributed by atoms with Gasteiger partial charge < -0.3 is 9.30 Å². The molecule has 0 aliphatic carbocycles. The van der Waals surface area contributed by atoms with Gasteiger partial charge in [0.1, 0.15) is 12.2 Å². The van der Waals surface area contributed by atoms with E-state index in [2.05, 4.69) is 14.7 Å². The summed E-state index contributed by atoms with van der Waals surface area (Å²) in [5.41, 5.74) is 0.733. The number of carbonyl (C=O) groups is 1. The molecule has 16 heavy (non-hydrogen) atoms. The molecular weight excluding hydrogens is 206 g/mol. The van der Waals surface area contributed by atoms with E-state index >= 15 is 0 Å². The number of esters is 1. The molecule has 2 aromatic heterocycles. The second kappa shape index (κ2) is 4.57. The van der Waals surface area contributed by atoms with E-state index in [1.54, 1.807) is 23.2 Å². The zero-order chi connectivity index (χ0) is 11.4. The van der Waals surface area contributed by atoms with E-state index in [9.17, 15) is 4.79 Å². The Morgan fingerprint density at radius 3 is 2.94 bits per heavy atom. The van der Waals surface area contributed by atoms with Crippen LogP contribution in [0.4, 0.5) is 0 Å². The van der Waals surface area contributed by atoms with Crippen molar-refractivity contribution in [3.8, 4) is 11.5 Å². The fourth-order valence-corrected chi connectivity index (χ4v) is 1.37. The third-order valence-corrected chi connectivity index (χ3v) is 2.14. The lowest BCUT2D eigenvalue weighted by atomic mass is 10.3. The number of carbonyl (C=O) groups excluding carboxylic acids is 1. The summed E-state index contributed by atoms with van der Waals surface area (Å²) in [5, 5.41) is 0. The SMILES string of the molecule is COC(=O)Cn1ccnc1-c1ccccn1. The molecule has 0 unspecified atom stereocenters. The van der Waals surface area contributed by atoms with Crippen molar-refractivity contribution >= 4 is 5.97 Å². The van der Waals surface area contributed by atoms with Gasteiger partial charge in [0.15, 0.2) is 5.82 Å². The molecule has 2 aromatic rings. The molecule has 0 bridgehead atoms. The highest BCUT2D eigenvalue weighted by Crippen LogP contribution is 2.13. The Morgan fingerprint density at radius 1 is 1.38 bits per heavy atom. The Balaban J connectivity index is 2.29. The number of pyridine rings is 1. The van der Waals surface area contributed by atoms with Crippen molar-refractivity contribution in [3.05, 3.63) is 36.8 Å². The standard InChI is InChI=1S/C11H11N3O2/c1-16-10(15)8-14-7-6-13-11(14)9-4-2-3-5-12-9/h2-7H,8H2,1H3. The van der Waals surface area contributed by atoms with Gasteiger partial charge in [-0.2, -0.15) is 0 Å². The molecule has 0 aromatic carbocycles. The van der Waals surface area contributed by atoms with Crippen LogP contribution < -0.4 is 0 Å². The average Bonchev–Trinajstić information content (AvgIpc) is 2.78. The third kappa shape index (κ3) is 2.08. The molecule has 0 spiro atoms. The fraction of sp³-hybridized carbons (Fsp3) is 0.182. The molecule has 0 aliphatic heterocycles. The minimum Gasteiger partial charge on any atom is -0.468 e. The first kappa shape index (κ1) is 10.4. The van der Waals surface area contributed by atoms with E-state index in [1.807, 2.05) is 18.2 Å². The van der Waals surface area contributed by atoms with Crippen LogP contribution in [0.2, 0.25) is 0 Å². The highest BCUT2D eigenvalue weighted by atomic mass is 16.5. The van der Waals surface area contributed by atoms with Crippen LogP contribution in [0.3, 0.4) is 0 Å². The number of aromatic nitrogens is 3. The lowest BCUT2D eigenvalue weighted by Crippen LogP contribution is -2.12. The molecule has 0 saturated heterocycles. The molecule has 2 rings (SSSR count). The molecule has 5 nitrogen and oxygen atoms in total. The Hall–Kier alpha value is -2.17. The van der Waals surface area contributed by atoms with E-state index in [0.29, 0.717) is 5.82 Å². The highest BCUT2D eigenvalue weighted by molar-refractivity contribution is 5.70. The van der Waals surface area contributed by atoms with E-state index in [-0.39, 0.29) is 12.5 Å². The van der Waals surface area contributed by atoms with Crippen LogP contribution in [0, 0.1) is 0 Å². The summed E-state index contributed by atoms with van der Waals surface area (Å²) in [5.74, 6) is 0.348. The Kier molecular flexibility index (Phi) is 2.95. The summed E-state index contributed by atoms with van der Waals surface area (Å²) in [6.07, 6.45) is 5.04. The fourth-order valence-electron chi connectivity index (χ4n) is 1.37. The Morgan fingerprint density at radius 2 is 2.25 bits per heavy atom. The maximum absolute atomic E-state index is 11.2. The molecule has 5 heteroatoms. The van der Waals surface area contributed by atoms with Crippen molar-refractivity contribution in [1.29, 1.82) is 0 Å². The molecule has 0 fully saturated rings. The number of nitrogens with zero attached hydrogens (tertiary/aromatic N) is 3. The zero-order valence-corrected chi connectivity index (χ0v) is 8.83. The first-order chi connectivity index (χ1) is 7.81. The number of ether oxygens (including phenoxy) is 1. The minimum absolute atomic E-state index is 0.141. The van der Waals surface area contributed by atoms with Crippen molar-refractivity contribution < 1.29 is 9.53 Å². The molecule has 2 heterocycles. The average molecular weight is 217 g/mol. The van der Waals surface area contributed by atoms with Gasteiger partial charge in [0.25, 0.3) is 0 Å². The van der Waals surface area contributed by atoms with Gasteiger partial charge in [-0.25, -0.2) is 4.98 Å². The molecular formula is C11H11N3O2. The van der Waals surface area contributed by atoms with Crippen LogP contribution in [0.15, 0.2) is 36.8 Å². The number of methoxy groups -OCH3 is 1. The van der Waals surface area contributed by atoms with Gasteiger partial charge in [-0.3, -0.25) is 9.78 Å². The zero-order valence-electron chi connectivity index (χ0n) is 8.83. The second-order valence-electron chi connectivity index (χ2n) is 3.17. The normalized spacial score (nSPS) is 10.1. The second-order valence-corrected chi connectivity index (χ2v) is 3.17. The number of imidazole rings is 1. The van der Waals surface area contributed by atoms with Gasteiger partial charge in [0, 0.05) is 18.6 Å². The molecule has 0 atom stereocenters. The summed E-state index contributed by atoms with van der Waals surface area (Å²) in [6, 6.07) is 5.55. The monoisotopic (exact) mass is 217 g/mol. The smallest absolute Gasteiger partial charge is 0.325 e. The van der Waals surface area contributed by atoms with Crippen LogP contribution in [-0.4, -0.2) is 27.6 Å². The molecule has 0 saturated carbocycles. The van der Waals surface area contributed by atoms with Crippen molar-refractivity contribution in [2.45, 2.75) is 6.54 Å². The lowest BCUT2D eigenvalue weighted by molar-refractivity contribution is -0.141. The van der Waals surface area contributed by atoms with Crippen LogP contribution in [0.25, 0.3) is 11.5 Å². The summed E-state index contributed by atoms with van der Waals surface area (Å²) in [6.45, 7) is 0.141. The first-order valence-electron chi connectivity index (χ1n) is 4.80. The van der Waals surface area contributed by atoms with Gasteiger partial charge in [0.2, 0.25) is 0 Å². The van der Waals surface area contributed by atoms with E-state index in [1.165, 1.54) is 7.11 Å². The quantitative estimate of drug-likeness (QED) is 0.723. The molecule has 0 radical (unpaired) electrons. The van der Waals surface area contributed by atoms with Crippen LogP contribution in [-0.2, 0) is 16.1 Å². The van der Waals surface area contributed by atoms with Gasteiger partial charge >= 0.3 is 5.97 Å². The maximum Gasteiger partial charge on any atom is 0.325 e. The van der Waals surface area contributed by atoms with Gasteiger partial charge in [-0.15, -0.1) is 0 Å². The predicted octanol–water partition coefficient (Wildman–Crippen LogP) is 1.12. The van der Waals surface area contributed by atoms with Crippen molar-refractivity contribution in [1.82, 2.24) is 14.5 Å². The number of hydrogen-bond acceptors (Lipinski definition) is 4. The third-order valence-electron chi connectivity index (χ3n) is 2.14. The molecule has 82 valence electrons. The lowest BCUT2D eigenvalue weighted by Gasteiger charge is -2.05. The van der Waals surface area contributed by atoms with E-state index < -0.39 is 0 Å². The predicted molar refractivity (Wildman–Crippen MR) is 57.5 cm³/mol.